The summed E-state index contributed by atoms with van der Waals surface area (Å²) < 4.78 is 5.12. The van der Waals surface area contributed by atoms with Gasteiger partial charge in [-0.25, -0.2) is 0 Å². The normalized spacial score (nSPS) is 11.2. The summed E-state index contributed by atoms with van der Waals surface area (Å²) in [4.78, 5) is 4.17. The van der Waals surface area contributed by atoms with Gasteiger partial charge in [-0.3, -0.25) is 0 Å². The van der Waals surface area contributed by atoms with Gasteiger partial charge in [0.05, 0.1) is 0 Å². The zero-order chi connectivity index (χ0) is 15.4. The van der Waals surface area contributed by atoms with E-state index in [4.69, 9.17) is 9.78 Å². The number of allylic oxidation sites excluding steroid dienone is 1. The molecule has 0 aliphatic carbocycles. The van der Waals surface area contributed by atoms with E-state index in [1.165, 1.54) is 6.20 Å². The largest absolute Gasteiger partial charge is 0.360 e. The second-order valence-electron chi connectivity index (χ2n) is 4.28. The van der Waals surface area contributed by atoms with Gasteiger partial charge < -0.3 is 9.84 Å². The lowest BCUT2D eigenvalue weighted by Crippen LogP contribution is -1.93. The number of rotatable bonds is 4. The molecule has 2 heterocycles. The number of nitriles is 1. The molecule has 0 spiro atoms. The summed E-state index contributed by atoms with van der Waals surface area (Å²) >= 11 is 0. The second kappa shape index (κ2) is 5.84. The van der Waals surface area contributed by atoms with Crippen LogP contribution in [-0.4, -0.2) is 30.8 Å². The van der Waals surface area contributed by atoms with Crippen molar-refractivity contribution < 1.29 is 4.52 Å². The average molecular weight is 294 g/mol. The van der Waals surface area contributed by atoms with Gasteiger partial charge in [-0.2, -0.15) is 15.5 Å². The van der Waals surface area contributed by atoms with Crippen LogP contribution in [0.4, 0.5) is 5.69 Å². The molecule has 0 saturated carbocycles. The number of hydrogen-bond acceptors (Lipinski definition) is 8. The number of anilines is 1. The van der Waals surface area contributed by atoms with E-state index in [9.17, 15) is 0 Å². The third kappa shape index (κ3) is 2.80. The van der Waals surface area contributed by atoms with Gasteiger partial charge in [-0.15, -0.1) is 10.2 Å². The summed E-state index contributed by atoms with van der Waals surface area (Å²) in [5, 5.41) is 29.1. The number of H-pyrrole nitrogens is 1. The van der Waals surface area contributed by atoms with Gasteiger partial charge in [0.15, 0.2) is 5.82 Å². The maximum atomic E-state index is 9.10. The molecule has 0 unspecified atom stereocenters. The van der Waals surface area contributed by atoms with E-state index in [1.807, 2.05) is 30.3 Å². The summed E-state index contributed by atoms with van der Waals surface area (Å²) in [5.74, 6) is 1.22. The Balaban J connectivity index is 1.83. The van der Waals surface area contributed by atoms with E-state index in [0.717, 1.165) is 11.3 Å². The molecule has 22 heavy (non-hydrogen) atoms. The highest BCUT2D eigenvalue weighted by Gasteiger charge is 2.08. The van der Waals surface area contributed by atoms with Gasteiger partial charge in [0.1, 0.15) is 11.6 Å². The lowest BCUT2D eigenvalue weighted by Gasteiger charge is -2.02. The quantitative estimate of drug-likeness (QED) is 0.693. The van der Waals surface area contributed by atoms with E-state index in [2.05, 4.69) is 36.1 Å². The van der Waals surface area contributed by atoms with Crippen molar-refractivity contribution >= 4 is 11.3 Å². The third-order valence-corrected chi connectivity index (χ3v) is 2.73. The molecule has 0 aliphatic rings. The number of tetrazole rings is 1. The van der Waals surface area contributed by atoms with Crippen LogP contribution in [0.15, 0.2) is 35.0 Å². The molecular weight excluding hydrogens is 284 g/mol. The molecule has 108 valence electrons. The van der Waals surface area contributed by atoms with Gasteiger partial charge in [0.25, 0.3) is 5.89 Å². The molecule has 0 atom stereocenters. The van der Waals surface area contributed by atoms with Crippen LogP contribution in [0.1, 0.15) is 11.6 Å². The highest BCUT2D eigenvalue weighted by molar-refractivity contribution is 5.74. The lowest BCUT2D eigenvalue weighted by molar-refractivity contribution is 0.425. The Morgan fingerprint density at radius 3 is 3.05 bits per heavy atom. The van der Waals surface area contributed by atoms with Crippen molar-refractivity contribution in [3.63, 3.8) is 0 Å². The van der Waals surface area contributed by atoms with Crippen LogP contribution < -0.4 is 5.32 Å². The fourth-order valence-electron chi connectivity index (χ4n) is 1.73. The van der Waals surface area contributed by atoms with Crippen molar-refractivity contribution in [2.24, 2.45) is 0 Å². The second-order valence-corrected chi connectivity index (χ2v) is 4.28. The predicted molar refractivity (Wildman–Crippen MR) is 75.9 cm³/mol. The fourth-order valence-corrected chi connectivity index (χ4v) is 1.73. The Kier molecular flexibility index (Phi) is 3.57. The first-order valence-electron chi connectivity index (χ1n) is 6.27. The van der Waals surface area contributed by atoms with E-state index in [-0.39, 0.29) is 11.4 Å². The topological polar surface area (TPSA) is 129 Å². The fraction of sp³-hybridized carbons (Fsp3) is 0.0769. The highest BCUT2D eigenvalue weighted by Crippen LogP contribution is 2.21. The number of aromatic nitrogens is 6. The molecule has 0 fully saturated rings. The first-order chi connectivity index (χ1) is 10.8. The summed E-state index contributed by atoms with van der Waals surface area (Å²) in [5.41, 5.74) is 1.79. The Morgan fingerprint density at radius 2 is 2.36 bits per heavy atom. The van der Waals surface area contributed by atoms with Crippen LogP contribution in [0.5, 0.6) is 0 Å². The van der Waals surface area contributed by atoms with E-state index < -0.39 is 0 Å². The molecule has 9 heteroatoms. The van der Waals surface area contributed by atoms with Gasteiger partial charge in [0, 0.05) is 17.5 Å². The minimum absolute atomic E-state index is 0.221. The molecule has 9 nitrogen and oxygen atoms in total. The van der Waals surface area contributed by atoms with E-state index in [0.29, 0.717) is 11.7 Å². The summed E-state index contributed by atoms with van der Waals surface area (Å²) in [6, 6.07) is 9.36. The SMILES string of the molecule is Cc1noc(-c2cccc(NC=C(C#N)c3nn[nH]n3)c2)n1. The molecule has 0 radical (unpaired) electrons. The Morgan fingerprint density at radius 1 is 1.45 bits per heavy atom. The van der Waals surface area contributed by atoms with Crippen LogP contribution in [0, 0.1) is 18.3 Å². The minimum atomic E-state index is 0.221. The lowest BCUT2D eigenvalue weighted by atomic mass is 10.2. The molecule has 0 bridgehead atoms. The monoisotopic (exact) mass is 294 g/mol. The average Bonchev–Trinajstić information content (AvgIpc) is 3.20. The summed E-state index contributed by atoms with van der Waals surface area (Å²) in [6.45, 7) is 1.75. The van der Waals surface area contributed by atoms with Gasteiger partial charge in [-0.1, -0.05) is 11.2 Å². The number of nitrogens with one attached hydrogen (secondary N) is 2. The standard InChI is InChI=1S/C13H10N8O/c1-8-16-13(22-19-8)9-3-2-4-11(5-9)15-7-10(6-14)12-17-20-21-18-12/h2-5,7,15H,1H3,(H,17,18,20,21). The van der Waals surface area contributed by atoms with Crippen molar-refractivity contribution in [1.82, 2.24) is 30.8 Å². The maximum Gasteiger partial charge on any atom is 0.257 e. The first kappa shape index (κ1) is 13.4. The predicted octanol–water partition coefficient (Wildman–Crippen LogP) is 1.53. The van der Waals surface area contributed by atoms with Crippen LogP contribution in [0.2, 0.25) is 0 Å². The van der Waals surface area contributed by atoms with Crippen molar-refractivity contribution in [3.05, 3.63) is 42.1 Å². The van der Waals surface area contributed by atoms with Crippen molar-refractivity contribution in [1.29, 1.82) is 5.26 Å². The molecule has 0 aliphatic heterocycles. The molecule has 0 amide bonds. The molecular formula is C13H10N8O. The summed E-state index contributed by atoms with van der Waals surface area (Å²) in [6.07, 6.45) is 1.50. The van der Waals surface area contributed by atoms with Crippen molar-refractivity contribution in [3.8, 4) is 17.5 Å². The van der Waals surface area contributed by atoms with Crippen molar-refractivity contribution in [2.45, 2.75) is 6.92 Å². The highest BCUT2D eigenvalue weighted by atomic mass is 16.5. The van der Waals surface area contributed by atoms with Gasteiger partial charge in [0.2, 0.25) is 5.82 Å². The van der Waals surface area contributed by atoms with Crippen molar-refractivity contribution in [2.75, 3.05) is 5.32 Å². The van der Waals surface area contributed by atoms with Gasteiger partial charge >= 0.3 is 0 Å². The van der Waals surface area contributed by atoms with Crippen LogP contribution in [0.25, 0.3) is 17.0 Å². The Bertz CT molecular complexity index is 843. The van der Waals surface area contributed by atoms with Crippen LogP contribution in [-0.2, 0) is 0 Å². The Hall–Kier alpha value is -3.54. The molecule has 2 aromatic heterocycles. The smallest absolute Gasteiger partial charge is 0.257 e. The maximum absolute atomic E-state index is 9.10. The number of aryl methyl sites for hydroxylation is 1. The third-order valence-electron chi connectivity index (χ3n) is 2.73. The number of benzene rings is 1. The molecule has 3 rings (SSSR count). The van der Waals surface area contributed by atoms with E-state index in [1.54, 1.807) is 6.92 Å². The molecule has 2 N–H and O–H groups in total. The van der Waals surface area contributed by atoms with E-state index >= 15 is 0 Å². The number of hydrogen-bond donors (Lipinski definition) is 2. The molecule has 1 aromatic carbocycles. The minimum Gasteiger partial charge on any atom is -0.360 e. The first-order valence-corrected chi connectivity index (χ1v) is 6.27. The number of aromatic amines is 1. The van der Waals surface area contributed by atoms with Gasteiger partial charge in [-0.05, 0) is 30.3 Å². The van der Waals surface area contributed by atoms with Crippen LogP contribution >= 0.6 is 0 Å². The van der Waals surface area contributed by atoms with Crippen LogP contribution in [0.3, 0.4) is 0 Å². The zero-order valence-corrected chi connectivity index (χ0v) is 11.5. The molecule has 0 saturated heterocycles. The molecule has 3 aromatic rings. The number of nitrogens with zero attached hydrogens (tertiary/aromatic N) is 6. The zero-order valence-electron chi connectivity index (χ0n) is 11.5. The Labute approximate surface area is 124 Å². The summed E-state index contributed by atoms with van der Waals surface area (Å²) in [7, 11) is 0.